The lowest BCUT2D eigenvalue weighted by molar-refractivity contribution is -0.114. The van der Waals surface area contributed by atoms with Gasteiger partial charge < -0.3 is 8.92 Å². The molecule has 0 aliphatic carbocycles. The molecule has 2 aromatic rings. The van der Waals surface area contributed by atoms with Crippen LogP contribution in [0.4, 0.5) is 0 Å². The van der Waals surface area contributed by atoms with Gasteiger partial charge in [-0.25, -0.2) is 8.42 Å². The Labute approximate surface area is 199 Å². The molecule has 14 heteroatoms. The van der Waals surface area contributed by atoms with Crippen molar-refractivity contribution in [2.75, 3.05) is 13.4 Å². The van der Waals surface area contributed by atoms with Gasteiger partial charge in [0.15, 0.2) is 5.84 Å². The lowest BCUT2D eigenvalue weighted by Gasteiger charge is -2.20. The fourth-order valence-corrected chi connectivity index (χ4v) is 5.44. The van der Waals surface area contributed by atoms with E-state index >= 15 is 0 Å². The number of amides is 1. The van der Waals surface area contributed by atoms with Crippen molar-refractivity contribution in [1.29, 1.82) is 5.41 Å². The summed E-state index contributed by atoms with van der Waals surface area (Å²) in [6, 6.07) is 11.5. The number of carbonyl (C=O) groups excluding carboxylic acids is 1. The molecule has 0 aromatic heterocycles. The fraction of sp³-hybridized carbons (Fsp3) is 0.100. The van der Waals surface area contributed by atoms with E-state index in [-0.39, 0.29) is 31.6 Å². The topological polar surface area (TPSA) is 156 Å². The predicted octanol–water partition coefficient (Wildman–Crippen LogP) is 2.08. The highest BCUT2D eigenvalue weighted by atomic mass is 32.3. The van der Waals surface area contributed by atoms with Gasteiger partial charge in [-0.2, -0.15) is 18.4 Å². The molecule has 1 N–H and O–H groups in total. The van der Waals surface area contributed by atoms with Crippen molar-refractivity contribution < 1.29 is 30.6 Å². The first-order valence-electron chi connectivity index (χ1n) is 9.37. The molecule has 0 saturated heterocycles. The minimum atomic E-state index is -4.07. The molecular formula is C20H16N4O7S3. The van der Waals surface area contributed by atoms with Crippen LogP contribution in [-0.4, -0.2) is 56.5 Å². The molecule has 2 aromatic carbocycles. The fourth-order valence-electron chi connectivity index (χ4n) is 2.83. The quantitative estimate of drug-likeness (QED) is 0.461. The first-order chi connectivity index (χ1) is 16.0. The van der Waals surface area contributed by atoms with Crippen molar-refractivity contribution in [2.45, 2.75) is 4.90 Å². The van der Waals surface area contributed by atoms with Crippen molar-refractivity contribution in [3.05, 3.63) is 59.7 Å². The van der Waals surface area contributed by atoms with Gasteiger partial charge in [0.2, 0.25) is 19.4 Å². The van der Waals surface area contributed by atoms with Crippen LogP contribution in [-0.2, 0) is 24.7 Å². The van der Waals surface area contributed by atoms with E-state index in [4.69, 9.17) is 14.3 Å². The van der Waals surface area contributed by atoms with E-state index in [1.54, 1.807) is 0 Å². The van der Waals surface area contributed by atoms with Gasteiger partial charge in [-0.15, -0.1) is 5.10 Å². The van der Waals surface area contributed by atoms with E-state index in [0.29, 0.717) is 23.1 Å². The van der Waals surface area contributed by atoms with Crippen molar-refractivity contribution in [1.82, 2.24) is 5.01 Å². The van der Waals surface area contributed by atoms with Gasteiger partial charge in [0.05, 0.1) is 12.7 Å². The summed E-state index contributed by atoms with van der Waals surface area (Å²) in [4.78, 5) is 16.2. The maximum Gasteiger partial charge on any atom is 0.339 e. The summed E-state index contributed by atoms with van der Waals surface area (Å²) in [7, 11) is -6.23. The number of nitrogens with zero attached hydrogens (tertiary/aromatic N) is 3. The number of hydrogen-bond acceptors (Lipinski definition) is 10. The number of hydrogen-bond donors (Lipinski definition) is 1. The molecule has 34 heavy (non-hydrogen) atoms. The Bertz CT molecular complexity index is 1490. The number of methoxy groups -OCH3 is 1. The number of nitrogens with one attached hydrogen (secondary N) is 1. The van der Waals surface area contributed by atoms with Crippen LogP contribution in [0.5, 0.6) is 11.5 Å². The second kappa shape index (κ2) is 8.70. The van der Waals surface area contributed by atoms with E-state index in [1.807, 2.05) is 0 Å². The van der Waals surface area contributed by atoms with Crippen molar-refractivity contribution >= 4 is 59.1 Å². The van der Waals surface area contributed by atoms with Gasteiger partial charge in [0.1, 0.15) is 16.4 Å². The Morgan fingerprint density at radius 1 is 1.00 bits per heavy atom. The second-order valence-corrected chi connectivity index (χ2v) is 11.6. The number of thioether (sulfide) groups is 1. The van der Waals surface area contributed by atoms with Crippen LogP contribution >= 0.6 is 11.8 Å². The standard InChI is InChI=1S/C20H16N4O7S3/c1-30-13-7-9-15(10-8-13)34(28,29)31-14-5-3-12(4-6-14)11-16-17(21)24-19(22-18(16)25)32-20(23-24)33(2,26)27/h3-11,21H,1-2H3/b16-11+,21-17?. The molecule has 176 valence electrons. The van der Waals surface area contributed by atoms with Crippen LogP contribution in [0, 0.1) is 5.41 Å². The zero-order chi connectivity index (χ0) is 24.7. The third kappa shape index (κ3) is 4.73. The highest BCUT2D eigenvalue weighted by Gasteiger charge is 2.38. The number of amidine groups is 2. The van der Waals surface area contributed by atoms with Crippen LogP contribution < -0.4 is 8.92 Å². The highest BCUT2D eigenvalue weighted by Crippen LogP contribution is 2.30. The molecular weight excluding hydrogens is 504 g/mol. The zero-order valence-electron chi connectivity index (χ0n) is 17.6. The zero-order valence-corrected chi connectivity index (χ0v) is 20.1. The van der Waals surface area contributed by atoms with Crippen LogP contribution in [0.25, 0.3) is 6.08 Å². The molecule has 0 unspecified atom stereocenters. The Balaban J connectivity index is 1.54. The van der Waals surface area contributed by atoms with Crippen molar-refractivity contribution in [2.24, 2.45) is 10.1 Å². The molecule has 4 rings (SSSR count). The lowest BCUT2D eigenvalue weighted by Crippen LogP contribution is -2.35. The number of benzene rings is 2. The summed E-state index contributed by atoms with van der Waals surface area (Å²) in [6.45, 7) is 0. The molecule has 1 amide bonds. The molecule has 0 saturated carbocycles. The van der Waals surface area contributed by atoms with Gasteiger partial charge in [0.25, 0.3) is 5.91 Å². The molecule has 0 atom stereocenters. The van der Waals surface area contributed by atoms with Gasteiger partial charge in [0, 0.05) is 6.26 Å². The summed E-state index contributed by atoms with van der Waals surface area (Å²) < 4.78 is 58.3. The third-order valence-corrected chi connectivity index (χ3v) is 8.34. The third-order valence-electron chi connectivity index (χ3n) is 4.50. The van der Waals surface area contributed by atoms with Crippen LogP contribution in [0.15, 0.2) is 69.1 Å². The number of rotatable bonds is 5. The molecule has 0 radical (unpaired) electrons. The normalized spacial score (nSPS) is 17.4. The Morgan fingerprint density at radius 2 is 1.62 bits per heavy atom. The average Bonchev–Trinajstić information content (AvgIpc) is 3.22. The molecule has 11 nitrogen and oxygen atoms in total. The molecule has 0 spiro atoms. The largest absolute Gasteiger partial charge is 0.497 e. The molecule has 2 aliphatic rings. The van der Waals surface area contributed by atoms with Crippen molar-refractivity contribution in [3.63, 3.8) is 0 Å². The maximum atomic E-state index is 12.5. The van der Waals surface area contributed by atoms with Gasteiger partial charge in [-0.05, 0) is 59.8 Å². The summed E-state index contributed by atoms with van der Waals surface area (Å²) in [6.07, 6.45) is 2.34. The van der Waals surface area contributed by atoms with E-state index in [9.17, 15) is 21.6 Å². The van der Waals surface area contributed by atoms with Gasteiger partial charge in [-0.1, -0.05) is 12.1 Å². The number of sulfone groups is 1. The van der Waals surface area contributed by atoms with Crippen molar-refractivity contribution in [3.8, 4) is 11.5 Å². The minimum absolute atomic E-state index is 0.0138. The summed E-state index contributed by atoms with van der Waals surface area (Å²) >= 11 is 0.693. The second-order valence-electron chi connectivity index (χ2n) is 6.94. The van der Waals surface area contributed by atoms with Crippen LogP contribution in [0.1, 0.15) is 5.56 Å². The van der Waals surface area contributed by atoms with E-state index in [1.165, 1.54) is 61.7 Å². The van der Waals surface area contributed by atoms with Gasteiger partial charge in [-0.3, -0.25) is 10.2 Å². The molecule has 2 aliphatic heterocycles. The van der Waals surface area contributed by atoms with Crippen LogP contribution in [0.3, 0.4) is 0 Å². The molecule has 2 heterocycles. The predicted molar refractivity (Wildman–Crippen MR) is 127 cm³/mol. The number of fused-ring (bicyclic) bond motifs is 1. The smallest absolute Gasteiger partial charge is 0.339 e. The monoisotopic (exact) mass is 520 g/mol. The van der Waals surface area contributed by atoms with Gasteiger partial charge >= 0.3 is 10.1 Å². The number of aliphatic imine (C=N–C) groups is 1. The SMILES string of the molecule is COc1ccc(S(=O)(=O)Oc2ccc(/C=C3\C(=N)N4N=C(S(C)(=O)=O)SC4=NC3=O)cc2)cc1. The number of ether oxygens (including phenoxy) is 1. The average molecular weight is 521 g/mol. The summed E-state index contributed by atoms with van der Waals surface area (Å²) in [5.41, 5.74) is 0.350. The molecule has 0 fully saturated rings. The number of hydrazone groups is 1. The Kier molecular flexibility index (Phi) is 6.05. The molecule has 0 bridgehead atoms. The Morgan fingerprint density at radius 3 is 2.21 bits per heavy atom. The van der Waals surface area contributed by atoms with E-state index in [2.05, 4.69) is 10.1 Å². The highest BCUT2D eigenvalue weighted by molar-refractivity contribution is 8.42. The lowest BCUT2D eigenvalue weighted by atomic mass is 10.1. The summed E-state index contributed by atoms with van der Waals surface area (Å²) in [5, 5.41) is 13.1. The first-order valence-corrected chi connectivity index (χ1v) is 13.5. The Hall–Kier alpha value is -3.49. The maximum absolute atomic E-state index is 12.5. The summed E-state index contributed by atoms with van der Waals surface area (Å²) in [5.74, 6) is -0.511. The number of carbonyl (C=O) groups is 1. The van der Waals surface area contributed by atoms with E-state index < -0.39 is 25.9 Å². The van der Waals surface area contributed by atoms with Crippen LogP contribution in [0.2, 0.25) is 0 Å². The van der Waals surface area contributed by atoms with E-state index in [0.717, 1.165) is 11.3 Å². The minimum Gasteiger partial charge on any atom is -0.497 e. The first kappa shape index (κ1) is 23.7.